The largest absolute Gasteiger partial charge is 0.494 e. The molecule has 0 spiro atoms. The quantitative estimate of drug-likeness (QED) is 0.409. The summed E-state index contributed by atoms with van der Waals surface area (Å²) in [5.41, 5.74) is -1.17. The van der Waals surface area contributed by atoms with Crippen molar-refractivity contribution >= 4 is 33.3 Å². The minimum absolute atomic E-state index is 0.0178. The number of anilines is 1. The number of ether oxygens (including phenoxy) is 2. The van der Waals surface area contributed by atoms with Gasteiger partial charge in [-0.3, -0.25) is 4.72 Å². The number of cyclic esters (lactones) is 1. The first kappa shape index (κ1) is 21.9. The summed E-state index contributed by atoms with van der Waals surface area (Å²) in [5, 5.41) is -0.229. The Balaban J connectivity index is 2.02. The molecule has 166 valence electrons. The van der Waals surface area contributed by atoms with Crippen LogP contribution in [0.4, 0.5) is 18.9 Å². The lowest BCUT2D eigenvalue weighted by molar-refractivity contribution is 0.0472. The number of rotatable bonds is 1. The van der Waals surface area contributed by atoms with Gasteiger partial charge in [-0.25, -0.2) is 27.0 Å². The Hall–Kier alpha value is -3.31. The Bertz CT molecular complexity index is 1380. The number of hydrogen-bond acceptors (Lipinski definition) is 6. The molecule has 12 heteroatoms. The molecular formula is C20H12ClF3N2O5S. The maximum atomic E-state index is 14.6. The van der Waals surface area contributed by atoms with Crippen molar-refractivity contribution < 1.29 is 35.9 Å². The molecule has 1 aliphatic heterocycles. The fourth-order valence-electron chi connectivity index (χ4n) is 3.17. The van der Waals surface area contributed by atoms with Gasteiger partial charge in [-0.1, -0.05) is 11.6 Å². The molecule has 0 fully saturated rings. The highest BCUT2D eigenvalue weighted by molar-refractivity contribution is 7.92. The average molecular weight is 485 g/mol. The first-order valence-corrected chi connectivity index (χ1v) is 10.7. The minimum Gasteiger partial charge on any atom is -0.494 e. The van der Waals surface area contributed by atoms with Crippen molar-refractivity contribution in [3.8, 4) is 16.9 Å². The molecule has 1 N–H and O–H groups in total. The van der Waals surface area contributed by atoms with E-state index in [1.165, 1.54) is 0 Å². The van der Waals surface area contributed by atoms with Gasteiger partial charge in [-0.05, 0) is 18.2 Å². The molecule has 3 aromatic rings. The number of fused-ring (bicyclic) bond motifs is 6. The molecule has 2 aromatic carbocycles. The van der Waals surface area contributed by atoms with E-state index < -0.39 is 50.8 Å². The van der Waals surface area contributed by atoms with Crippen LogP contribution in [-0.2, 0) is 21.4 Å². The summed E-state index contributed by atoms with van der Waals surface area (Å²) in [7, 11) is -3.42. The summed E-state index contributed by atoms with van der Waals surface area (Å²) in [6.07, 6.45) is 0.965. The molecule has 0 saturated carbocycles. The summed E-state index contributed by atoms with van der Waals surface area (Å²) in [5.74, 6) is -4.51. The monoisotopic (exact) mass is 484 g/mol. The van der Waals surface area contributed by atoms with Crippen LogP contribution in [0, 0.1) is 17.6 Å². The normalized spacial score (nSPS) is 14.7. The van der Waals surface area contributed by atoms with Crippen LogP contribution in [0.25, 0.3) is 11.1 Å². The molecule has 0 aliphatic carbocycles. The third-order valence-electron chi connectivity index (χ3n) is 4.65. The number of sulfonamides is 1. The first-order valence-electron chi connectivity index (χ1n) is 8.82. The maximum Gasteiger partial charge on any atom is 0.338 e. The van der Waals surface area contributed by atoms with Crippen LogP contribution in [0.1, 0.15) is 15.9 Å². The zero-order valence-corrected chi connectivity index (χ0v) is 17.7. The van der Waals surface area contributed by atoms with Crippen LogP contribution in [0.2, 0.25) is 5.02 Å². The van der Waals surface area contributed by atoms with Gasteiger partial charge in [0.2, 0.25) is 5.95 Å². The molecule has 1 aromatic heterocycles. The molecular weight excluding hydrogens is 473 g/mol. The summed E-state index contributed by atoms with van der Waals surface area (Å²) in [6.45, 7) is -0.515. The number of aromatic nitrogens is 1. The van der Waals surface area contributed by atoms with Gasteiger partial charge in [0.05, 0.1) is 23.4 Å². The van der Waals surface area contributed by atoms with Crippen LogP contribution < -0.4 is 9.46 Å². The predicted molar refractivity (Wildman–Crippen MR) is 107 cm³/mol. The zero-order chi connectivity index (χ0) is 23.2. The Labute approximate surface area is 184 Å². The van der Waals surface area contributed by atoms with Gasteiger partial charge in [0.25, 0.3) is 10.0 Å². The van der Waals surface area contributed by atoms with Gasteiger partial charge < -0.3 is 9.47 Å². The molecule has 0 atom stereocenters. The zero-order valence-electron chi connectivity index (χ0n) is 16.1. The molecule has 2 heterocycles. The number of carbonyl (C=O) groups excluding carboxylic acids is 1. The van der Waals surface area contributed by atoms with Crippen molar-refractivity contribution in [2.75, 3.05) is 11.8 Å². The molecule has 32 heavy (non-hydrogen) atoms. The minimum atomic E-state index is -4.57. The summed E-state index contributed by atoms with van der Waals surface area (Å²) < 4.78 is 81.0. The number of halogens is 4. The fraction of sp³-hybridized carbons (Fsp3) is 0.100. The van der Waals surface area contributed by atoms with E-state index in [9.17, 15) is 26.4 Å². The lowest BCUT2D eigenvalue weighted by Crippen LogP contribution is -2.16. The van der Waals surface area contributed by atoms with Gasteiger partial charge in [-0.15, -0.1) is 0 Å². The van der Waals surface area contributed by atoms with Gasteiger partial charge >= 0.3 is 5.97 Å². The summed E-state index contributed by atoms with van der Waals surface area (Å²) >= 11 is 6.08. The molecule has 4 bridgehead atoms. The van der Waals surface area contributed by atoms with Crippen LogP contribution >= 0.6 is 11.6 Å². The van der Waals surface area contributed by atoms with E-state index in [1.807, 2.05) is 4.72 Å². The van der Waals surface area contributed by atoms with E-state index in [2.05, 4.69) is 4.98 Å². The van der Waals surface area contributed by atoms with Gasteiger partial charge in [0.15, 0.2) is 5.75 Å². The number of methoxy groups -OCH3 is 1. The molecule has 7 nitrogen and oxygen atoms in total. The lowest BCUT2D eigenvalue weighted by atomic mass is 10.0. The molecule has 4 rings (SSSR count). The summed E-state index contributed by atoms with van der Waals surface area (Å²) in [4.78, 5) is 15.5. The third-order valence-corrected chi connectivity index (χ3v) is 6.30. The fourth-order valence-corrected chi connectivity index (χ4v) is 4.80. The standard InChI is InChI=1S/C20H12ClF3N2O5S/c1-30-19-13(21)2-9-3-17(19)32(28,29)26-16-5-11(14(22)6-15(16)23)12-7-25-18(24)4-10(12)8-31-20(9)27/h2-7,26H,8H2,1H3. The van der Waals surface area contributed by atoms with Crippen LogP contribution in [0.15, 0.2) is 41.4 Å². The van der Waals surface area contributed by atoms with Crippen LogP contribution in [0.3, 0.4) is 0 Å². The van der Waals surface area contributed by atoms with Crippen molar-refractivity contribution in [3.63, 3.8) is 0 Å². The summed E-state index contributed by atoms with van der Waals surface area (Å²) in [6, 6.07) is 4.33. The second-order valence-electron chi connectivity index (χ2n) is 6.65. The highest BCUT2D eigenvalue weighted by atomic mass is 35.5. The van der Waals surface area contributed by atoms with Crippen molar-refractivity contribution in [3.05, 3.63) is 70.3 Å². The Kier molecular flexibility index (Phi) is 5.47. The number of benzene rings is 2. The number of esters is 1. The van der Waals surface area contributed by atoms with E-state index in [1.54, 1.807) is 0 Å². The van der Waals surface area contributed by atoms with E-state index in [0.29, 0.717) is 6.07 Å². The van der Waals surface area contributed by atoms with Crippen molar-refractivity contribution in [1.82, 2.24) is 4.98 Å². The highest BCUT2D eigenvalue weighted by Gasteiger charge is 2.28. The molecule has 0 unspecified atom stereocenters. The molecule has 0 radical (unpaired) electrons. The Morgan fingerprint density at radius 2 is 1.84 bits per heavy atom. The maximum absolute atomic E-state index is 14.6. The molecule has 0 amide bonds. The van der Waals surface area contributed by atoms with Crippen molar-refractivity contribution in [1.29, 1.82) is 0 Å². The van der Waals surface area contributed by atoms with Gasteiger partial charge in [-0.2, -0.15) is 4.39 Å². The number of nitrogens with one attached hydrogen (secondary N) is 1. The highest BCUT2D eigenvalue weighted by Crippen LogP contribution is 2.37. The van der Waals surface area contributed by atoms with Crippen molar-refractivity contribution in [2.24, 2.45) is 0 Å². The number of nitrogens with zero attached hydrogens (tertiary/aromatic N) is 1. The lowest BCUT2D eigenvalue weighted by Gasteiger charge is -2.15. The number of pyridine rings is 1. The van der Waals surface area contributed by atoms with E-state index in [4.69, 9.17) is 21.1 Å². The van der Waals surface area contributed by atoms with Crippen LogP contribution in [0.5, 0.6) is 5.75 Å². The van der Waals surface area contributed by atoms with E-state index in [0.717, 1.165) is 37.6 Å². The number of carbonyl (C=O) groups is 1. The molecule has 0 saturated heterocycles. The Morgan fingerprint density at radius 3 is 2.56 bits per heavy atom. The topological polar surface area (TPSA) is 94.6 Å². The van der Waals surface area contributed by atoms with Gasteiger partial charge in [0, 0.05) is 35.0 Å². The van der Waals surface area contributed by atoms with Crippen LogP contribution in [-0.4, -0.2) is 26.5 Å². The molecule has 1 aliphatic rings. The third kappa shape index (κ3) is 3.84. The van der Waals surface area contributed by atoms with Gasteiger partial charge in [0.1, 0.15) is 23.1 Å². The second-order valence-corrected chi connectivity index (χ2v) is 8.71. The van der Waals surface area contributed by atoms with Crippen molar-refractivity contribution in [2.45, 2.75) is 11.5 Å². The van der Waals surface area contributed by atoms with E-state index in [-0.39, 0.29) is 33.0 Å². The first-order chi connectivity index (χ1) is 15.1. The second kappa shape index (κ2) is 7.99. The predicted octanol–water partition coefficient (Wildman–Crippen LogP) is 4.30. The Morgan fingerprint density at radius 1 is 1.09 bits per heavy atom. The smallest absolute Gasteiger partial charge is 0.338 e. The SMILES string of the molecule is COc1c(Cl)cc2cc1S(=O)(=O)Nc1cc(c(F)cc1F)-c1cnc(F)cc1COC2=O. The average Bonchev–Trinajstić information content (AvgIpc) is 2.73. The number of hydrogen-bond donors (Lipinski definition) is 1. The van der Waals surface area contributed by atoms with E-state index >= 15 is 0 Å².